The van der Waals surface area contributed by atoms with Crippen LogP contribution in [-0.2, 0) is 14.9 Å². The molecule has 1 aromatic rings. The molecule has 0 saturated carbocycles. The predicted molar refractivity (Wildman–Crippen MR) is 98.6 cm³/mol. The highest BCUT2D eigenvalue weighted by Gasteiger charge is 2.44. The van der Waals surface area contributed by atoms with Crippen molar-refractivity contribution in [1.29, 1.82) is 0 Å². The largest absolute Gasteiger partial charge is 0.381 e. The lowest BCUT2D eigenvalue weighted by molar-refractivity contribution is -0.142. The van der Waals surface area contributed by atoms with Gasteiger partial charge in [0.15, 0.2) is 0 Å². The first-order valence-electron chi connectivity index (χ1n) is 8.93. The number of amides is 1. The molecule has 1 N–H and O–H groups in total. The molecule has 2 heterocycles. The van der Waals surface area contributed by atoms with Crippen molar-refractivity contribution >= 4 is 18.3 Å². The SMILES string of the molecule is CNCC1CCN(C(=O)C2(c3cccc(F)c3)CCOCC2)CC1.Cl. The second kappa shape index (κ2) is 8.97. The number of hydrogen-bond acceptors (Lipinski definition) is 3. The fourth-order valence-corrected chi connectivity index (χ4v) is 4.06. The predicted octanol–water partition coefficient (Wildman–Crippen LogP) is 2.75. The van der Waals surface area contributed by atoms with Gasteiger partial charge in [-0.2, -0.15) is 0 Å². The Balaban J connectivity index is 0.00000225. The molecule has 2 saturated heterocycles. The minimum Gasteiger partial charge on any atom is -0.381 e. The van der Waals surface area contributed by atoms with Gasteiger partial charge in [-0.25, -0.2) is 4.39 Å². The molecule has 2 fully saturated rings. The summed E-state index contributed by atoms with van der Waals surface area (Å²) in [6.45, 7) is 3.70. The van der Waals surface area contributed by atoms with Crippen molar-refractivity contribution < 1.29 is 13.9 Å². The van der Waals surface area contributed by atoms with Crippen molar-refractivity contribution in [3.8, 4) is 0 Å². The second-order valence-electron chi connectivity index (χ2n) is 7.00. The molecule has 6 heteroatoms. The Morgan fingerprint density at radius 3 is 2.60 bits per heavy atom. The van der Waals surface area contributed by atoms with Crippen LogP contribution in [0, 0.1) is 11.7 Å². The molecule has 1 aromatic carbocycles. The van der Waals surface area contributed by atoms with E-state index in [1.54, 1.807) is 6.07 Å². The topological polar surface area (TPSA) is 41.6 Å². The molecular weight excluding hydrogens is 343 g/mol. The number of piperidine rings is 1. The number of rotatable bonds is 4. The standard InChI is InChI=1S/C19H27FN2O2.ClH/c1-21-14-15-5-9-22(10-6-15)18(23)19(7-11-24-12-8-19)16-3-2-4-17(20)13-16;/h2-4,13,15,21H,5-12,14H2,1H3;1H. The van der Waals surface area contributed by atoms with Crippen LogP contribution in [0.25, 0.3) is 0 Å². The Labute approximate surface area is 155 Å². The van der Waals surface area contributed by atoms with Gasteiger partial charge in [0.05, 0.1) is 5.41 Å². The Morgan fingerprint density at radius 2 is 2.00 bits per heavy atom. The van der Waals surface area contributed by atoms with Crippen molar-refractivity contribution in [1.82, 2.24) is 10.2 Å². The average Bonchev–Trinajstić information content (AvgIpc) is 2.63. The lowest BCUT2D eigenvalue weighted by Gasteiger charge is -2.42. The molecule has 2 aliphatic heterocycles. The Morgan fingerprint density at radius 1 is 1.32 bits per heavy atom. The molecule has 0 bridgehead atoms. The molecule has 0 atom stereocenters. The van der Waals surface area contributed by atoms with Gasteiger partial charge in [-0.3, -0.25) is 4.79 Å². The molecular formula is C19H28ClFN2O2. The number of nitrogens with zero attached hydrogens (tertiary/aromatic N) is 1. The van der Waals surface area contributed by atoms with E-state index >= 15 is 0 Å². The number of benzene rings is 1. The van der Waals surface area contributed by atoms with Crippen LogP contribution in [0.4, 0.5) is 4.39 Å². The maximum Gasteiger partial charge on any atom is 0.233 e. The van der Waals surface area contributed by atoms with Crippen molar-refractivity contribution in [3.05, 3.63) is 35.6 Å². The Kier molecular flexibility index (Phi) is 7.23. The van der Waals surface area contributed by atoms with E-state index in [9.17, 15) is 9.18 Å². The van der Waals surface area contributed by atoms with Crippen LogP contribution in [0.1, 0.15) is 31.2 Å². The van der Waals surface area contributed by atoms with E-state index in [0.717, 1.165) is 38.0 Å². The summed E-state index contributed by atoms with van der Waals surface area (Å²) < 4.78 is 19.3. The minimum absolute atomic E-state index is 0. The number of ether oxygens (including phenoxy) is 1. The molecule has 1 amide bonds. The third-order valence-electron chi connectivity index (χ3n) is 5.53. The van der Waals surface area contributed by atoms with Crippen molar-refractivity contribution in [2.45, 2.75) is 31.1 Å². The zero-order chi connectivity index (χ0) is 17.0. The number of nitrogens with one attached hydrogen (secondary N) is 1. The van der Waals surface area contributed by atoms with Crippen molar-refractivity contribution in [2.24, 2.45) is 5.92 Å². The summed E-state index contributed by atoms with van der Waals surface area (Å²) in [4.78, 5) is 15.4. The van der Waals surface area contributed by atoms with Crippen LogP contribution >= 0.6 is 12.4 Å². The molecule has 140 valence electrons. The lowest BCUT2D eigenvalue weighted by atomic mass is 9.72. The fraction of sp³-hybridized carbons (Fsp3) is 0.632. The third kappa shape index (κ3) is 4.33. The van der Waals surface area contributed by atoms with Crippen molar-refractivity contribution in [3.63, 3.8) is 0 Å². The zero-order valence-electron chi connectivity index (χ0n) is 14.8. The summed E-state index contributed by atoms with van der Waals surface area (Å²) in [5, 5.41) is 3.22. The van der Waals surface area contributed by atoms with Gasteiger partial charge < -0.3 is 15.0 Å². The molecule has 0 radical (unpaired) electrons. The van der Waals surface area contributed by atoms with Gasteiger partial charge >= 0.3 is 0 Å². The lowest BCUT2D eigenvalue weighted by Crippen LogP contribution is -2.52. The molecule has 3 rings (SSSR count). The van der Waals surface area contributed by atoms with Gasteiger partial charge in [-0.15, -0.1) is 12.4 Å². The minimum atomic E-state index is -0.629. The van der Waals surface area contributed by atoms with Gasteiger partial charge in [0, 0.05) is 26.3 Å². The smallest absolute Gasteiger partial charge is 0.233 e. The quantitative estimate of drug-likeness (QED) is 0.886. The number of carbonyl (C=O) groups excluding carboxylic acids is 1. The summed E-state index contributed by atoms with van der Waals surface area (Å²) in [5.41, 5.74) is 0.170. The van der Waals surface area contributed by atoms with E-state index in [2.05, 4.69) is 5.32 Å². The highest BCUT2D eigenvalue weighted by molar-refractivity contribution is 5.88. The normalized spacial score (nSPS) is 20.8. The Bertz CT molecular complexity index is 570. The van der Waals surface area contributed by atoms with E-state index in [4.69, 9.17) is 4.74 Å². The summed E-state index contributed by atoms with van der Waals surface area (Å²) in [5.74, 6) is 0.511. The molecule has 25 heavy (non-hydrogen) atoms. The number of carbonyl (C=O) groups is 1. The highest BCUT2D eigenvalue weighted by atomic mass is 35.5. The third-order valence-corrected chi connectivity index (χ3v) is 5.53. The maximum absolute atomic E-state index is 13.8. The van der Waals surface area contributed by atoms with Gasteiger partial charge in [-0.1, -0.05) is 12.1 Å². The Hall–Kier alpha value is -1.17. The summed E-state index contributed by atoms with van der Waals surface area (Å²) in [6, 6.07) is 6.55. The zero-order valence-corrected chi connectivity index (χ0v) is 15.6. The molecule has 0 unspecified atom stereocenters. The van der Waals surface area contributed by atoms with Crippen LogP contribution in [0.5, 0.6) is 0 Å². The first-order chi connectivity index (χ1) is 11.7. The van der Waals surface area contributed by atoms with Crippen molar-refractivity contribution in [2.75, 3.05) is 39.9 Å². The molecule has 0 spiro atoms. The van der Waals surface area contributed by atoms with Crippen LogP contribution in [-0.4, -0.2) is 50.7 Å². The van der Waals surface area contributed by atoms with Crippen LogP contribution in [0.3, 0.4) is 0 Å². The van der Waals surface area contributed by atoms with E-state index < -0.39 is 5.41 Å². The second-order valence-corrected chi connectivity index (χ2v) is 7.00. The van der Waals surface area contributed by atoms with E-state index in [0.29, 0.717) is 32.0 Å². The summed E-state index contributed by atoms with van der Waals surface area (Å²) in [7, 11) is 1.97. The van der Waals surface area contributed by atoms with Crippen LogP contribution < -0.4 is 5.32 Å². The number of halogens is 2. The number of hydrogen-bond donors (Lipinski definition) is 1. The monoisotopic (exact) mass is 370 g/mol. The molecule has 0 aromatic heterocycles. The van der Waals surface area contributed by atoms with Crippen LogP contribution in [0.2, 0.25) is 0 Å². The van der Waals surface area contributed by atoms with Gasteiger partial charge in [-0.05, 0) is 62.9 Å². The van der Waals surface area contributed by atoms with Crippen LogP contribution in [0.15, 0.2) is 24.3 Å². The highest BCUT2D eigenvalue weighted by Crippen LogP contribution is 2.38. The summed E-state index contributed by atoms with van der Waals surface area (Å²) in [6.07, 6.45) is 3.32. The van der Waals surface area contributed by atoms with E-state index in [1.807, 2.05) is 18.0 Å². The molecule has 2 aliphatic rings. The molecule has 4 nitrogen and oxygen atoms in total. The maximum atomic E-state index is 13.8. The average molecular weight is 371 g/mol. The molecule has 0 aliphatic carbocycles. The first kappa shape index (κ1) is 20.1. The van der Waals surface area contributed by atoms with Gasteiger partial charge in [0.25, 0.3) is 0 Å². The summed E-state index contributed by atoms with van der Waals surface area (Å²) >= 11 is 0. The van der Waals surface area contributed by atoms with E-state index in [-0.39, 0.29) is 24.1 Å². The fourth-order valence-electron chi connectivity index (χ4n) is 4.06. The van der Waals surface area contributed by atoms with Gasteiger partial charge in [0.2, 0.25) is 5.91 Å². The first-order valence-corrected chi connectivity index (χ1v) is 8.93. The van der Waals surface area contributed by atoms with E-state index in [1.165, 1.54) is 12.1 Å². The van der Waals surface area contributed by atoms with Gasteiger partial charge in [0.1, 0.15) is 5.82 Å². The number of likely N-dealkylation sites (tertiary alicyclic amines) is 1.